The van der Waals surface area contributed by atoms with Crippen LogP contribution >= 0.6 is 7.52 Å². The third-order valence-electron chi connectivity index (χ3n) is 7.92. The van der Waals surface area contributed by atoms with Gasteiger partial charge in [-0.05, 0) is 74.5 Å². The van der Waals surface area contributed by atoms with E-state index in [9.17, 15) is 22.9 Å². The van der Waals surface area contributed by atoms with Crippen molar-refractivity contribution in [3.05, 3.63) is 35.1 Å². The average molecular weight is 594 g/mol. The summed E-state index contributed by atoms with van der Waals surface area (Å²) < 4.78 is 47.1. The third-order valence-corrected chi connectivity index (χ3v) is 11.0. The predicted octanol–water partition coefficient (Wildman–Crippen LogP) is 5.38. The number of hydrogen-bond acceptors (Lipinski definition) is 7. The van der Waals surface area contributed by atoms with Crippen molar-refractivity contribution >= 4 is 40.1 Å². The van der Waals surface area contributed by atoms with Gasteiger partial charge < -0.3 is 19.8 Å². The Labute approximate surface area is 238 Å². The number of carbonyl (C=O) groups is 1. The molecule has 9 nitrogen and oxygen atoms in total. The minimum Gasteiger partial charge on any atom is -0.509 e. The Morgan fingerprint density at radius 3 is 2.52 bits per heavy atom. The van der Waals surface area contributed by atoms with Gasteiger partial charge in [0.15, 0.2) is 5.84 Å². The molecule has 1 aromatic carbocycles. The second kappa shape index (κ2) is 12.0. The lowest BCUT2D eigenvalue weighted by Gasteiger charge is -2.38. The van der Waals surface area contributed by atoms with Gasteiger partial charge in [0.1, 0.15) is 21.2 Å². The number of carbonyl (C=O) groups excluding carboxylic acids is 1. The second-order valence-electron chi connectivity index (χ2n) is 12.5. The maximum absolute atomic E-state index is 14.2. The number of fused-ring (bicyclic) bond motifs is 1. The number of anilines is 1. The summed E-state index contributed by atoms with van der Waals surface area (Å²) in [5.41, 5.74) is 1.62. The first-order valence-electron chi connectivity index (χ1n) is 14.4. The van der Waals surface area contributed by atoms with Gasteiger partial charge in [-0.25, -0.2) is 8.42 Å². The van der Waals surface area contributed by atoms with Crippen LogP contribution in [-0.4, -0.2) is 61.4 Å². The zero-order valence-electron chi connectivity index (χ0n) is 24.4. The first-order chi connectivity index (χ1) is 18.7. The van der Waals surface area contributed by atoms with Gasteiger partial charge in [0.25, 0.3) is 5.91 Å². The molecule has 1 amide bonds. The van der Waals surface area contributed by atoms with Gasteiger partial charge in [0, 0.05) is 18.6 Å². The Bertz CT molecular complexity index is 1340. The fraction of sp³-hybridized carbons (Fsp3) is 0.655. The number of sulfone groups is 1. The largest absolute Gasteiger partial charge is 0.509 e. The van der Waals surface area contributed by atoms with Gasteiger partial charge in [-0.15, -0.1) is 0 Å². The number of aliphatic hydroxyl groups is 1. The van der Waals surface area contributed by atoms with Crippen molar-refractivity contribution in [1.82, 2.24) is 4.90 Å². The highest BCUT2D eigenvalue weighted by atomic mass is 32.2. The average Bonchev–Trinajstić information content (AvgIpc) is 3.04. The Kier molecular flexibility index (Phi) is 9.22. The molecule has 0 spiro atoms. The Morgan fingerprint density at radius 1 is 1.20 bits per heavy atom. The fourth-order valence-corrected chi connectivity index (χ4v) is 8.05. The lowest BCUT2D eigenvalue weighted by Crippen LogP contribution is -2.44. The highest BCUT2D eigenvalue weighted by Crippen LogP contribution is 2.53. The summed E-state index contributed by atoms with van der Waals surface area (Å²) in [7, 11) is -6.70. The van der Waals surface area contributed by atoms with E-state index in [-0.39, 0.29) is 52.8 Å². The van der Waals surface area contributed by atoms with E-state index in [1.165, 1.54) is 6.26 Å². The fourth-order valence-electron chi connectivity index (χ4n) is 5.49. The number of aryl methyl sites for hydroxylation is 1. The van der Waals surface area contributed by atoms with Crippen LogP contribution < -0.4 is 10.6 Å². The van der Waals surface area contributed by atoms with Crippen LogP contribution in [-0.2, 0) is 30.1 Å². The lowest BCUT2D eigenvalue weighted by atomic mass is 9.78. The summed E-state index contributed by atoms with van der Waals surface area (Å²) in [6, 6.07) is 5.19. The van der Waals surface area contributed by atoms with Gasteiger partial charge in [0.05, 0.1) is 23.6 Å². The summed E-state index contributed by atoms with van der Waals surface area (Å²) in [5, 5.41) is 15.0. The molecule has 11 heteroatoms. The Balaban J connectivity index is 1.59. The zero-order valence-corrected chi connectivity index (χ0v) is 26.1. The second-order valence-corrected chi connectivity index (χ2v) is 16.7. The molecule has 4 rings (SSSR count). The van der Waals surface area contributed by atoms with E-state index in [1.807, 2.05) is 18.2 Å². The molecule has 40 heavy (non-hydrogen) atoms. The number of rotatable bonds is 12. The monoisotopic (exact) mass is 593 g/mol. The molecule has 1 unspecified atom stereocenters. The highest BCUT2D eigenvalue weighted by molar-refractivity contribution is 7.90. The molecule has 0 saturated heterocycles. The van der Waals surface area contributed by atoms with Crippen LogP contribution in [0, 0.1) is 11.3 Å². The molecular formula is C29H44N3O6PS. The summed E-state index contributed by atoms with van der Waals surface area (Å²) in [4.78, 5) is 15.6. The summed E-state index contributed by atoms with van der Waals surface area (Å²) in [6.45, 7) is 8.84. The van der Waals surface area contributed by atoms with Crippen LogP contribution in [0.3, 0.4) is 0 Å². The number of benzene rings is 1. The molecule has 3 aliphatic rings. The third kappa shape index (κ3) is 7.00. The van der Waals surface area contributed by atoms with Crippen LogP contribution in [0.1, 0.15) is 78.2 Å². The normalized spacial score (nSPS) is 23.6. The van der Waals surface area contributed by atoms with E-state index >= 15 is 0 Å². The smallest absolute Gasteiger partial charge is 0.348 e. The van der Waals surface area contributed by atoms with Crippen molar-refractivity contribution in [2.75, 3.05) is 30.5 Å². The van der Waals surface area contributed by atoms with E-state index < -0.39 is 17.4 Å². The van der Waals surface area contributed by atoms with Crippen LogP contribution in [0.4, 0.5) is 5.69 Å². The lowest BCUT2D eigenvalue weighted by molar-refractivity contribution is -0.128. The van der Waals surface area contributed by atoms with Crippen LogP contribution in [0.2, 0.25) is 0 Å². The van der Waals surface area contributed by atoms with Crippen molar-refractivity contribution < 1.29 is 27.4 Å². The molecule has 2 aliphatic heterocycles. The quantitative estimate of drug-likeness (QED) is 0.246. The predicted molar refractivity (Wildman–Crippen MR) is 160 cm³/mol. The van der Waals surface area contributed by atoms with E-state index in [0.29, 0.717) is 30.4 Å². The van der Waals surface area contributed by atoms with Gasteiger partial charge >= 0.3 is 7.52 Å². The SMILES string of the molecule is CCOP1(=O)N=C(C2=C(O)[C@H](C3CCC3)N(CCC(C)(C)C)C2=O)Nc2ccc(CCCCCS(C)(=O)=O)cc21. The van der Waals surface area contributed by atoms with Crippen LogP contribution in [0.5, 0.6) is 0 Å². The number of hydrogen-bond donors (Lipinski definition) is 2. The molecule has 2 atom stereocenters. The minimum absolute atomic E-state index is 0.00655. The first-order valence-corrected chi connectivity index (χ1v) is 18.0. The van der Waals surface area contributed by atoms with E-state index in [2.05, 4.69) is 30.9 Å². The molecule has 0 aromatic heterocycles. The molecule has 0 bridgehead atoms. The highest BCUT2D eigenvalue weighted by Gasteiger charge is 2.48. The maximum Gasteiger partial charge on any atom is 0.348 e. The zero-order chi connectivity index (χ0) is 29.3. The van der Waals surface area contributed by atoms with Gasteiger partial charge in [-0.1, -0.05) is 39.7 Å². The standard InChI is InChI=1S/C29H44N3O6PS/c1-6-38-39(35)23-19-20(11-8-7-9-18-40(5,36)37)14-15-22(23)30-27(31-39)24-26(33)25(21-12-10-13-21)32(28(24)34)17-16-29(2,3)4/h14-15,19,21,25,33H,6-13,16-18H2,1-5H3,(H,30,31,35)/t25-,39?/m0/s1. The van der Waals surface area contributed by atoms with Crippen LogP contribution in [0.25, 0.3) is 0 Å². The molecule has 2 heterocycles. The molecule has 1 fully saturated rings. The molecule has 222 valence electrons. The van der Waals surface area contributed by atoms with E-state index in [1.54, 1.807) is 11.8 Å². The van der Waals surface area contributed by atoms with Crippen LogP contribution in [0.15, 0.2) is 34.3 Å². The van der Waals surface area contributed by atoms with Crippen molar-refractivity contribution in [2.45, 2.75) is 85.1 Å². The van der Waals surface area contributed by atoms with Crippen molar-refractivity contribution in [3.8, 4) is 0 Å². The van der Waals surface area contributed by atoms with Gasteiger partial charge in [-0.2, -0.15) is 4.76 Å². The number of aliphatic hydroxyl groups excluding tert-OH is 1. The van der Waals surface area contributed by atoms with Crippen molar-refractivity contribution in [2.24, 2.45) is 16.1 Å². The number of unbranched alkanes of at least 4 members (excludes halogenated alkanes) is 2. The molecule has 0 radical (unpaired) electrons. The van der Waals surface area contributed by atoms with Gasteiger partial charge in [-0.3, -0.25) is 9.36 Å². The molecule has 2 N–H and O–H groups in total. The number of nitrogens with one attached hydrogen (secondary N) is 1. The van der Waals surface area contributed by atoms with Gasteiger partial charge in [0.2, 0.25) is 0 Å². The Morgan fingerprint density at radius 2 is 1.93 bits per heavy atom. The van der Waals surface area contributed by atoms with E-state index in [4.69, 9.17) is 4.52 Å². The minimum atomic E-state index is -3.73. The van der Waals surface area contributed by atoms with Crippen molar-refractivity contribution in [1.29, 1.82) is 0 Å². The molecule has 1 saturated carbocycles. The van der Waals surface area contributed by atoms with Crippen molar-refractivity contribution in [3.63, 3.8) is 0 Å². The molecular weight excluding hydrogens is 549 g/mol. The molecule has 1 aromatic rings. The first kappa shape index (κ1) is 30.8. The molecule has 1 aliphatic carbocycles. The summed E-state index contributed by atoms with van der Waals surface area (Å²) in [6.07, 6.45) is 7.92. The summed E-state index contributed by atoms with van der Waals surface area (Å²) in [5.74, 6) is 0.197. The topological polar surface area (TPSA) is 125 Å². The summed E-state index contributed by atoms with van der Waals surface area (Å²) >= 11 is 0. The Hall–Kier alpha value is -2.16. The van der Waals surface area contributed by atoms with E-state index in [0.717, 1.165) is 44.1 Å². The number of nitrogens with zero attached hydrogens (tertiary/aromatic N) is 2. The number of amides is 1. The number of amidine groups is 1. The maximum atomic E-state index is 14.2.